The van der Waals surface area contributed by atoms with E-state index in [0.29, 0.717) is 17.9 Å². The maximum atomic E-state index is 11.8. The predicted octanol–water partition coefficient (Wildman–Crippen LogP) is 3.68. The summed E-state index contributed by atoms with van der Waals surface area (Å²) in [6, 6.07) is 5.42. The Kier molecular flexibility index (Phi) is 4.33. The molecule has 1 aromatic heterocycles. The molecule has 0 aliphatic rings. The average molecular weight is 281 g/mol. The Bertz CT molecular complexity index is 540. The minimum atomic E-state index is -0.00609. The number of benzene rings is 1. The van der Waals surface area contributed by atoms with Crippen LogP contribution in [-0.4, -0.2) is 10.9 Å². The Morgan fingerprint density at radius 2 is 2.33 bits per heavy atom. The molecule has 3 nitrogen and oxygen atoms in total. The molecule has 2 rings (SSSR count). The maximum Gasteiger partial charge on any atom is 0.224 e. The van der Waals surface area contributed by atoms with E-state index in [-0.39, 0.29) is 5.91 Å². The summed E-state index contributed by atoms with van der Waals surface area (Å²) < 4.78 is 0. The normalized spacial score (nSPS) is 10.3. The summed E-state index contributed by atoms with van der Waals surface area (Å²) in [6.07, 6.45) is 1.10. The van der Waals surface area contributed by atoms with E-state index in [1.165, 1.54) is 0 Å². The van der Waals surface area contributed by atoms with Crippen molar-refractivity contribution in [2.45, 2.75) is 19.8 Å². The molecule has 0 unspecified atom stereocenters. The molecule has 5 heteroatoms. The molecule has 0 saturated heterocycles. The lowest BCUT2D eigenvalue weighted by Crippen LogP contribution is -2.13. The van der Waals surface area contributed by atoms with Gasteiger partial charge in [0.25, 0.3) is 0 Å². The van der Waals surface area contributed by atoms with Crippen LogP contribution in [0.15, 0.2) is 29.1 Å². The Labute approximate surface area is 115 Å². The van der Waals surface area contributed by atoms with Gasteiger partial charge in [-0.2, -0.15) is 0 Å². The van der Waals surface area contributed by atoms with Crippen LogP contribution in [0.4, 0.5) is 5.69 Å². The van der Waals surface area contributed by atoms with E-state index in [1.807, 2.05) is 24.4 Å². The van der Waals surface area contributed by atoms with E-state index < -0.39 is 0 Å². The molecule has 1 N–H and O–H groups in total. The van der Waals surface area contributed by atoms with E-state index in [9.17, 15) is 4.79 Å². The predicted molar refractivity (Wildman–Crippen MR) is 75.3 cm³/mol. The number of hydrogen-bond acceptors (Lipinski definition) is 3. The smallest absolute Gasteiger partial charge is 0.224 e. The summed E-state index contributed by atoms with van der Waals surface area (Å²) in [5, 5.41) is 5.51. The van der Waals surface area contributed by atoms with Crippen LogP contribution in [0.1, 0.15) is 17.7 Å². The van der Waals surface area contributed by atoms with Gasteiger partial charge in [-0.15, -0.1) is 11.3 Å². The van der Waals surface area contributed by atoms with Gasteiger partial charge >= 0.3 is 0 Å². The molecule has 94 valence electrons. The summed E-state index contributed by atoms with van der Waals surface area (Å²) in [6.45, 7) is 1.92. The molecule has 2 aromatic rings. The topological polar surface area (TPSA) is 42.0 Å². The second-order valence-corrected chi connectivity index (χ2v) is 5.14. The lowest BCUT2D eigenvalue weighted by molar-refractivity contribution is -0.116. The van der Waals surface area contributed by atoms with Crippen LogP contribution in [0.3, 0.4) is 0 Å². The summed E-state index contributed by atoms with van der Waals surface area (Å²) in [5.41, 5.74) is 4.51. The standard InChI is InChI=1S/C13H13ClN2OS/c1-9-6-10(14)2-4-12(9)16-13(17)5-3-11-7-18-8-15-11/h2,4,6-8H,3,5H2,1H3,(H,16,17). The average Bonchev–Trinajstić information content (AvgIpc) is 2.83. The number of aryl methyl sites for hydroxylation is 2. The summed E-state index contributed by atoms with van der Waals surface area (Å²) >= 11 is 7.40. The van der Waals surface area contributed by atoms with Gasteiger partial charge in [0.1, 0.15) is 0 Å². The lowest BCUT2D eigenvalue weighted by Gasteiger charge is -2.08. The molecule has 0 spiro atoms. The molecule has 0 fully saturated rings. The van der Waals surface area contributed by atoms with Crippen molar-refractivity contribution in [3.05, 3.63) is 45.4 Å². The number of nitrogens with one attached hydrogen (secondary N) is 1. The SMILES string of the molecule is Cc1cc(Cl)ccc1NC(=O)CCc1cscn1. The zero-order valence-corrected chi connectivity index (χ0v) is 11.5. The molecule has 0 aliphatic heterocycles. The fourth-order valence-electron chi connectivity index (χ4n) is 1.58. The summed E-state index contributed by atoms with van der Waals surface area (Å²) in [5.74, 6) is -0.00609. The van der Waals surface area contributed by atoms with Crippen molar-refractivity contribution in [3.63, 3.8) is 0 Å². The van der Waals surface area contributed by atoms with Crippen molar-refractivity contribution in [1.82, 2.24) is 4.98 Å². The van der Waals surface area contributed by atoms with E-state index >= 15 is 0 Å². The van der Waals surface area contributed by atoms with Crippen LogP contribution in [0, 0.1) is 6.92 Å². The molecule has 1 aromatic carbocycles. The first-order valence-electron chi connectivity index (χ1n) is 5.58. The molecular weight excluding hydrogens is 268 g/mol. The van der Waals surface area contributed by atoms with Crippen LogP contribution in [0.2, 0.25) is 5.02 Å². The molecule has 0 bridgehead atoms. The van der Waals surface area contributed by atoms with Crippen molar-refractivity contribution in [1.29, 1.82) is 0 Å². The molecule has 18 heavy (non-hydrogen) atoms. The molecule has 0 saturated carbocycles. The Hall–Kier alpha value is -1.39. The zero-order chi connectivity index (χ0) is 13.0. The Morgan fingerprint density at radius 3 is 3.00 bits per heavy atom. The summed E-state index contributed by atoms with van der Waals surface area (Å²) in [4.78, 5) is 15.9. The first-order valence-corrected chi connectivity index (χ1v) is 6.90. The number of aromatic nitrogens is 1. The highest BCUT2D eigenvalue weighted by atomic mass is 35.5. The van der Waals surface area contributed by atoms with Crippen LogP contribution < -0.4 is 5.32 Å². The number of hydrogen-bond donors (Lipinski definition) is 1. The van der Waals surface area contributed by atoms with Gasteiger partial charge in [-0.05, 0) is 37.1 Å². The molecule has 0 radical (unpaired) electrons. The number of thiazole rings is 1. The van der Waals surface area contributed by atoms with Crippen LogP contribution in [0.25, 0.3) is 0 Å². The largest absolute Gasteiger partial charge is 0.326 e. The van der Waals surface area contributed by atoms with Gasteiger partial charge in [0.2, 0.25) is 5.91 Å². The van der Waals surface area contributed by atoms with Gasteiger partial charge in [-0.25, -0.2) is 4.98 Å². The number of halogens is 1. The third-order valence-electron chi connectivity index (χ3n) is 2.55. The number of rotatable bonds is 4. The summed E-state index contributed by atoms with van der Waals surface area (Å²) in [7, 11) is 0. The fraction of sp³-hybridized carbons (Fsp3) is 0.231. The quantitative estimate of drug-likeness (QED) is 0.928. The third-order valence-corrected chi connectivity index (χ3v) is 3.42. The van der Waals surface area contributed by atoms with Crippen molar-refractivity contribution in [2.24, 2.45) is 0 Å². The number of carbonyl (C=O) groups excluding carboxylic acids is 1. The second-order valence-electron chi connectivity index (χ2n) is 3.99. The third kappa shape index (κ3) is 3.55. The number of carbonyl (C=O) groups is 1. The van der Waals surface area contributed by atoms with Crippen LogP contribution in [0.5, 0.6) is 0 Å². The lowest BCUT2D eigenvalue weighted by atomic mass is 10.2. The van der Waals surface area contributed by atoms with Gasteiger partial charge in [-0.3, -0.25) is 4.79 Å². The Balaban J connectivity index is 1.91. The maximum absolute atomic E-state index is 11.8. The number of amides is 1. The van der Waals surface area contributed by atoms with Crippen LogP contribution >= 0.6 is 22.9 Å². The van der Waals surface area contributed by atoms with Gasteiger partial charge in [0.15, 0.2) is 0 Å². The molecule has 0 aliphatic carbocycles. The molecule has 1 heterocycles. The van der Waals surface area contributed by atoms with E-state index in [1.54, 1.807) is 22.9 Å². The van der Waals surface area contributed by atoms with Crippen molar-refractivity contribution >= 4 is 34.5 Å². The van der Waals surface area contributed by atoms with Gasteiger partial charge < -0.3 is 5.32 Å². The Morgan fingerprint density at radius 1 is 1.50 bits per heavy atom. The van der Waals surface area contributed by atoms with Crippen LogP contribution in [-0.2, 0) is 11.2 Å². The second kappa shape index (κ2) is 5.98. The van der Waals surface area contributed by atoms with Gasteiger partial charge in [-0.1, -0.05) is 11.6 Å². The zero-order valence-electron chi connectivity index (χ0n) is 9.94. The molecule has 0 atom stereocenters. The van der Waals surface area contributed by atoms with E-state index in [0.717, 1.165) is 16.9 Å². The first kappa shape index (κ1) is 13.1. The van der Waals surface area contributed by atoms with Gasteiger partial charge in [0, 0.05) is 22.5 Å². The number of anilines is 1. The molecule has 1 amide bonds. The monoisotopic (exact) mass is 280 g/mol. The first-order chi connectivity index (χ1) is 8.65. The highest BCUT2D eigenvalue weighted by Crippen LogP contribution is 2.19. The fourth-order valence-corrected chi connectivity index (χ4v) is 2.40. The van der Waals surface area contributed by atoms with Crippen molar-refractivity contribution in [3.8, 4) is 0 Å². The van der Waals surface area contributed by atoms with E-state index in [2.05, 4.69) is 10.3 Å². The minimum Gasteiger partial charge on any atom is -0.326 e. The highest BCUT2D eigenvalue weighted by molar-refractivity contribution is 7.07. The highest BCUT2D eigenvalue weighted by Gasteiger charge is 2.06. The van der Waals surface area contributed by atoms with Crippen molar-refractivity contribution in [2.75, 3.05) is 5.32 Å². The molecular formula is C13H13ClN2OS. The number of nitrogens with zero attached hydrogens (tertiary/aromatic N) is 1. The minimum absolute atomic E-state index is 0.00609. The van der Waals surface area contributed by atoms with Crippen molar-refractivity contribution < 1.29 is 4.79 Å². The van der Waals surface area contributed by atoms with E-state index in [4.69, 9.17) is 11.6 Å². The van der Waals surface area contributed by atoms with Gasteiger partial charge in [0.05, 0.1) is 11.2 Å².